The van der Waals surface area contributed by atoms with Gasteiger partial charge in [0, 0.05) is 24.3 Å². The van der Waals surface area contributed by atoms with Crippen LogP contribution >= 0.6 is 0 Å². The number of piperidine rings is 1. The van der Waals surface area contributed by atoms with Crippen LogP contribution < -0.4 is 5.32 Å². The van der Waals surface area contributed by atoms with Gasteiger partial charge < -0.3 is 14.6 Å². The smallest absolute Gasteiger partial charge is 0.416 e. The van der Waals surface area contributed by atoms with Crippen LogP contribution in [0.5, 0.6) is 0 Å². The fourth-order valence-corrected chi connectivity index (χ4v) is 3.59. The van der Waals surface area contributed by atoms with Crippen molar-refractivity contribution in [2.45, 2.75) is 31.9 Å². The predicted octanol–water partition coefficient (Wildman–Crippen LogP) is 5.48. The molecule has 0 aliphatic carbocycles. The van der Waals surface area contributed by atoms with E-state index in [1.54, 1.807) is 4.90 Å². The molecule has 9 heteroatoms. The number of para-hydroxylation sites is 1. The summed E-state index contributed by atoms with van der Waals surface area (Å²) in [5, 5.41) is 11.0. The fraction of sp³-hybridized carbons (Fsp3) is 0.318. The highest BCUT2D eigenvalue weighted by atomic mass is 19.4. The van der Waals surface area contributed by atoms with Crippen molar-refractivity contribution in [2.24, 2.45) is 0 Å². The Labute approximate surface area is 177 Å². The molecule has 0 bridgehead atoms. The minimum absolute atomic E-state index is 0.132. The number of likely N-dealkylation sites (tertiary alicyclic amines) is 1. The summed E-state index contributed by atoms with van der Waals surface area (Å²) < 4.78 is 44.0. The summed E-state index contributed by atoms with van der Waals surface area (Å²) in [5.41, 5.74) is 1.41. The first kappa shape index (κ1) is 20.9. The van der Waals surface area contributed by atoms with Gasteiger partial charge in [-0.15, -0.1) is 10.2 Å². The van der Waals surface area contributed by atoms with Crippen molar-refractivity contribution in [3.05, 3.63) is 65.5 Å². The van der Waals surface area contributed by atoms with Gasteiger partial charge in [-0.3, -0.25) is 0 Å². The van der Waals surface area contributed by atoms with Crippen molar-refractivity contribution in [2.75, 3.05) is 18.4 Å². The number of carbonyl (C=O) groups is 1. The number of rotatable bonds is 3. The van der Waals surface area contributed by atoms with Crippen LogP contribution in [0.2, 0.25) is 0 Å². The minimum atomic E-state index is -4.40. The Hall–Kier alpha value is -3.36. The average Bonchev–Trinajstić information content (AvgIpc) is 3.25. The van der Waals surface area contributed by atoms with E-state index in [-0.39, 0.29) is 17.8 Å². The van der Waals surface area contributed by atoms with Crippen LogP contribution in [0.3, 0.4) is 0 Å². The summed E-state index contributed by atoms with van der Waals surface area (Å²) in [4.78, 5) is 14.4. The van der Waals surface area contributed by atoms with Crippen LogP contribution in [0.25, 0.3) is 11.5 Å². The molecule has 1 unspecified atom stereocenters. The van der Waals surface area contributed by atoms with Gasteiger partial charge in [0.1, 0.15) is 0 Å². The monoisotopic (exact) mass is 430 g/mol. The Bertz CT molecular complexity index is 1060. The number of amides is 2. The number of aryl methyl sites for hydroxylation is 1. The number of alkyl halides is 3. The van der Waals surface area contributed by atoms with Gasteiger partial charge in [-0.2, -0.15) is 13.2 Å². The van der Waals surface area contributed by atoms with E-state index in [2.05, 4.69) is 15.5 Å². The van der Waals surface area contributed by atoms with Crippen LogP contribution in [-0.2, 0) is 6.18 Å². The molecule has 6 nitrogen and oxygen atoms in total. The lowest BCUT2D eigenvalue weighted by molar-refractivity contribution is -0.137. The molecule has 4 rings (SSSR count). The maximum Gasteiger partial charge on any atom is 0.416 e. The molecule has 1 aromatic heterocycles. The summed E-state index contributed by atoms with van der Waals surface area (Å²) >= 11 is 0. The number of nitrogens with zero attached hydrogens (tertiary/aromatic N) is 3. The highest BCUT2D eigenvalue weighted by molar-refractivity contribution is 5.90. The first-order valence-corrected chi connectivity index (χ1v) is 9.94. The summed E-state index contributed by atoms with van der Waals surface area (Å²) in [6, 6.07) is 11.9. The lowest BCUT2D eigenvalue weighted by Gasteiger charge is -2.31. The zero-order valence-electron chi connectivity index (χ0n) is 16.8. The van der Waals surface area contributed by atoms with Gasteiger partial charge in [0.2, 0.25) is 11.8 Å². The molecule has 3 aromatic rings. The Kier molecular flexibility index (Phi) is 5.67. The van der Waals surface area contributed by atoms with Gasteiger partial charge in [0.05, 0.1) is 11.5 Å². The van der Waals surface area contributed by atoms with Crippen molar-refractivity contribution in [3.8, 4) is 11.5 Å². The molecular weight excluding hydrogens is 409 g/mol. The maximum atomic E-state index is 12.7. The van der Waals surface area contributed by atoms with Crippen LogP contribution in [0.15, 0.2) is 52.9 Å². The molecule has 1 N–H and O–H groups in total. The van der Waals surface area contributed by atoms with E-state index < -0.39 is 11.7 Å². The first-order chi connectivity index (χ1) is 14.8. The molecule has 1 fully saturated rings. The van der Waals surface area contributed by atoms with Gasteiger partial charge in [-0.25, -0.2) is 4.79 Å². The van der Waals surface area contributed by atoms with Gasteiger partial charge >= 0.3 is 12.2 Å². The molecule has 1 aliphatic rings. The van der Waals surface area contributed by atoms with Crippen LogP contribution in [0.1, 0.15) is 35.8 Å². The maximum absolute atomic E-state index is 12.7. The van der Waals surface area contributed by atoms with Crippen LogP contribution in [-0.4, -0.2) is 34.2 Å². The molecule has 0 radical (unpaired) electrons. The molecule has 1 saturated heterocycles. The number of benzene rings is 2. The van der Waals surface area contributed by atoms with E-state index >= 15 is 0 Å². The number of nitrogens with one attached hydrogen (secondary N) is 1. The summed E-state index contributed by atoms with van der Waals surface area (Å²) in [6.45, 7) is 2.97. The summed E-state index contributed by atoms with van der Waals surface area (Å²) in [7, 11) is 0. The van der Waals surface area contributed by atoms with Gasteiger partial charge in [-0.05, 0) is 55.7 Å². The standard InChI is InChI=1S/C22H21F3N4O2/c1-14-5-2-3-7-18(14)26-21(30)29-12-4-6-16(13-29)20-28-27-19(31-20)15-8-10-17(11-9-15)22(23,24)25/h2-3,5,7-11,16H,4,6,12-13H2,1H3,(H,26,30). The second kappa shape index (κ2) is 8.41. The van der Waals surface area contributed by atoms with E-state index in [1.165, 1.54) is 12.1 Å². The second-order valence-corrected chi connectivity index (χ2v) is 7.55. The van der Waals surface area contributed by atoms with Crippen molar-refractivity contribution >= 4 is 11.7 Å². The van der Waals surface area contributed by atoms with Crippen LogP contribution in [0, 0.1) is 6.92 Å². The largest absolute Gasteiger partial charge is 0.420 e. The summed E-state index contributed by atoms with van der Waals surface area (Å²) in [6.07, 6.45) is -2.84. The van der Waals surface area contributed by atoms with Gasteiger partial charge in [-0.1, -0.05) is 18.2 Å². The minimum Gasteiger partial charge on any atom is -0.420 e. The number of anilines is 1. The Balaban J connectivity index is 1.44. The zero-order chi connectivity index (χ0) is 22.0. The van der Waals surface area contributed by atoms with Crippen molar-refractivity contribution in [1.82, 2.24) is 15.1 Å². The molecule has 0 spiro atoms. The number of halogens is 3. The predicted molar refractivity (Wildman–Crippen MR) is 108 cm³/mol. The van der Waals surface area contributed by atoms with E-state index in [9.17, 15) is 18.0 Å². The normalized spacial score (nSPS) is 16.9. The molecule has 1 aliphatic heterocycles. The third-order valence-corrected chi connectivity index (χ3v) is 5.34. The molecular formula is C22H21F3N4O2. The Morgan fingerprint density at radius 1 is 1.13 bits per heavy atom. The number of hydrogen-bond acceptors (Lipinski definition) is 4. The Morgan fingerprint density at radius 3 is 2.58 bits per heavy atom. The lowest BCUT2D eigenvalue weighted by Crippen LogP contribution is -2.41. The molecule has 2 aromatic carbocycles. The molecule has 162 valence electrons. The summed E-state index contributed by atoms with van der Waals surface area (Å²) in [5.74, 6) is 0.403. The zero-order valence-corrected chi connectivity index (χ0v) is 16.8. The highest BCUT2D eigenvalue weighted by Crippen LogP contribution is 2.32. The third kappa shape index (κ3) is 4.70. The quantitative estimate of drug-likeness (QED) is 0.598. The topological polar surface area (TPSA) is 71.3 Å². The first-order valence-electron chi connectivity index (χ1n) is 9.94. The van der Waals surface area contributed by atoms with Crippen molar-refractivity contribution in [1.29, 1.82) is 0 Å². The molecule has 1 atom stereocenters. The van der Waals surface area contributed by atoms with Crippen LogP contribution in [0.4, 0.5) is 23.7 Å². The number of aromatic nitrogens is 2. The average molecular weight is 430 g/mol. The van der Waals surface area contributed by atoms with Crippen molar-refractivity contribution in [3.63, 3.8) is 0 Å². The lowest BCUT2D eigenvalue weighted by atomic mass is 9.98. The van der Waals surface area contributed by atoms with Gasteiger partial charge in [0.15, 0.2) is 0 Å². The van der Waals surface area contributed by atoms with E-state index in [1.807, 2.05) is 31.2 Å². The number of hydrogen-bond donors (Lipinski definition) is 1. The fourth-order valence-electron chi connectivity index (χ4n) is 3.59. The highest BCUT2D eigenvalue weighted by Gasteiger charge is 2.31. The molecule has 2 heterocycles. The molecule has 2 amide bonds. The van der Waals surface area contributed by atoms with Gasteiger partial charge in [0.25, 0.3) is 0 Å². The molecule has 31 heavy (non-hydrogen) atoms. The van der Waals surface area contributed by atoms with E-state index in [0.29, 0.717) is 24.5 Å². The Morgan fingerprint density at radius 2 is 1.87 bits per heavy atom. The van der Waals surface area contributed by atoms with E-state index in [4.69, 9.17) is 4.42 Å². The SMILES string of the molecule is Cc1ccccc1NC(=O)N1CCCC(c2nnc(-c3ccc(C(F)(F)F)cc3)o2)C1. The second-order valence-electron chi connectivity index (χ2n) is 7.55. The number of carbonyl (C=O) groups excluding carboxylic acids is 1. The molecule has 0 saturated carbocycles. The van der Waals surface area contributed by atoms with Crippen molar-refractivity contribution < 1.29 is 22.4 Å². The van der Waals surface area contributed by atoms with E-state index in [0.717, 1.165) is 36.2 Å². The number of urea groups is 1. The third-order valence-electron chi connectivity index (χ3n) is 5.34.